The highest BCUT2D eigenvalue weighted by Gasteiger charge is 2.28. The van der Waals surface area contributed by atoms with Crippen molar-refractivity contribution in [3.63, 3.8) is 0 Å². The maximum atomic E-state index is 11.9. The second-order valence-corrected chi connectivity index (χ2v) is 8.67. The Morgan fingerprint density at radius 2 is 2.00 bits per heavy atom. The molecule has 1 aliphatic rings. The summed E-state index contributed by atoms with van der Waals surface area (Å²) in [5.41, 5.74) is 2.36. The largest absolute Gasteiger partial charge is 0.382 e. The fourth-order valence-electron chi connectivity index (χ4n) is 3.08. The molecule has 0 saturated heterocycles. The molecule has 118 valence electrons. The van der Waals surface area contributed by atoms with E-state index in [1.807, 2.05) is 13.0 Å². The van der Waals surface area contributed by atoms with Crippen LogP contribution >= 0.6 is 0 Å². The van der Waals surface area contributed by atoms with Crippen LogP contribution in [0.3, 0.4) is 0 Å². The molecular formula is C16H26N2O2S. The fraction of sp³-hybridized carbons (Fsp3) is 0.625. The zero-order valence-corrected chi connectivity index (χ0v) is 14.2. The molecule has 1 atom stereocenters. The first kappa shape index (κ1) is 16.3. The Kier molecular flexibility index (Phi) is 4.63. The van der Waals surface area contributed by atoms with Crippen molar-refractivity contribution in [2.75, 3.05) is 12.4 Å². The van der Waals surface area contributed by atoms with Crippen molar-refractivity contribution < 1.29 is 8.42 Å². The van der Waals surface area contributed by atoms with Gasteiger partial charge >= 0.3 is 0 Å². The summed E-state index contributed by atoms with van der Waals surface area (Å²) in [6, 6.07) is 5.67. The van der Waals surface area contributed by atoms with E-state index in [9.17, 15) is 8.42 Å². The number of anilines is 1. The molecule has 5 heteroatoms. The van der Waals surface area contributed by atoms with Gasteiger partial charge in [-0.05, 0) is 56.3 Å². The monoisotopic (exact) mass is 310 g/mol. The van der Waals surface area contributed by atoms with Crippen LogP contribution in [0.1, 0.15) is 45.1 Å². The summed E-state index contributed by atoms with van der Waals surface area (Å²) in [7, 11) is -1.95. The van der Waals surface area contributed by atoms with E-state index >= 15 is 0 Å². The third kappa shape index (κ3) is 3.98. The van der Waals surface area contributed by atoms with E-state index in [-0.39, 0.29) is 0 Å². The van der Waals surface area contributed by atoms with Gasteiger partial charge in [0.05, 0.1) is 4.90 Å². The first-order valence-corrected chi connectivity index (χ1v) is 9.03. The Hall–Kier alpha value is -1.07. The van der Waals surface area contributed by atoms with E-state index in [4.69, 9.17) is 0 Å². The van der Waals surface area contributed by atoms with Gasteiger partial charge in [0.15, 0.2) is 0 Å². The van der Waals surface area contributed by atoms with E-state index in [0.717, 1.165) is 24.1 Å². The molecule has 1 saturated carbocycles. The van der Waals surface area contributed by atoms with Crippen LogP contribution < -0.4 is 10.0 Å². The number of hydrogen-bond acceptors (Lipinski definition) is 3. The summed E-state index contributed by atoms with van der Waals surface area (Å²) in [6.07, 6.45) is 4.75. The van der Waals surface area contributed by atoms with Gasteiger partial charge in [-0.2, -0.15) is 0 Å². The van der Waals surface area contributed by atoms with E-state index in [0.29, 0.717) is 16.4 Å². The Bertz CT molecular complexity index is 609. The van der Waals surface area contributed by atoms with Crippen LogP contribution in [0.4, 0.5) is 5.69 Å². The Labute approximate surface area is 128 Å². The van der Waals surface area contributed by atoms with Gasteiger partial charge in [-0.3, -0.25) is 0 Å². The lowest BCUT2D eigenvalue weighted by molar-refractivity contribution is 0.229. The van der Waals surface area contributed by atoms with E-state index in [1.54, 1.807) is 12.1 Å². The van der Waals surface area contributed by atoms with Crippen molar-refractivity contribution in [2.45, 2.75) is 57.4 Å². The molecule has 1 unspecified atom stereocenters. The number of nitrogens with one attached hydrogen (secondary N) is 2. The maximum absolute atomic E-state index is 11.9. The number of rotatable bonds is 4. The molecule has 0 heterocycles. The molecule has 1 fully saturated rings. The van der Waals surface area contributed by atoms with Crippen molar-refractivity contribution in [2.24, 2.45) is 5.41 Å². The second-order valence-electron chi connectivity index (χ2n) is 6.79. The highest BCUT2D eigenvalue weighted by Crippen LogP contribution is 2.36. The molecule has 0 spiro atoms. The van der Waals surface area contributed by atoms with Gasteiger partial charge in [0.1, 0.15) is 0 Å². The van der Waals surface area contributed by atoms with Crippen LogP contribution in [0.2, 0.25) is 0 Å². The van der Waals surface area contributed by atoms with Gasteiger partial charge in [-0.25, -0.2) is 13.1 Å². The lowest BCUT2D eigenvalue weighted by Crippen LogP contribution is -2.32. The summed E-state index contributed by atoms with van der Waals surface area (Å²) >= 11 is 0. The van der Waals surface area contributed by atoms with E-state index in [1.165, 1.54) is 19.9 Å². The van der Waals surface area contributed by atoms with Crippen LogP contribution in [0.25, 0.3) is 0 Å². The minimum absolute atomic E-state index is 0.313. The molecule has 0 aliphatic heterocycles. The van der Waals surface area contributed by atoms with Crippen molar-refractivity contribution >= 4 is 15.7 Å². The summed E-state index contributed by atoms with van der Waals surface area (Å²) < 4.78 is 26.2. The molecule has 2 rings (SSSR count). The molecule has 0 radical (unpaired) electrons. The van der Waals surface area contributed by atoms with Crippen LogP contribution in [0, 0.1) is 12.3 Å². The second kappa shape index (κ2) is 5.97. The van der Waals surface area contributed by atoms with Crippen LogP contribution in [0.5, 0.6) is 0 Å². The Morgan fingerprint density at radius 3 is 2.62 bits per heavy atom. The first-order chi connectivity index (χ1) is 9.73. The molecule has 1 aromatic rings. The van der Waals surface area contributed by atoms with Gasteiger partial charge in [0.2, 0.25) is 10.0 Å². The van der Waals surface area contributed by atoms with Gasteiger partial charge in [-0.1, -0.05) is 26.3 Å². The third-order valence-corrected chi connectivity index (χ3v) is 5.76. The van der Waals surface area contributed by atoms with Gasteiger partial charge < -0.3 is 5.32 Å². The van der Waals surface area contributed by atoms with E-state index in [2.05, 4.69) is 23.9 Å². The minimum Gasteiger partial charge on any atom is -0.382 e. The molecule has 0 amide bonds. The summed E-state index contributed by atoms with van der Waals surface area (Å²) in [5.74, 6) is 0. The quantitative estimate of drug-likeness (QED) is 0.897. The highest BCUT2D eigenvalue weighted by molar-refractivity contribution is 7.89. The standard InChI is InChI=1S/C16H26N2O2S/c1-12-7-8-14(21(19,20)17-4)10-15(12)18-13-6-5-9-16(2,3)11-13/h7-8,10,13,17-18H,5-6,9,11H2,1-4H3. The fourth-order valence-corrected chi connectivity index (χ4v) is 3.84. The SMILES string of the molecule is CNS(=O)(=O)c1ccc(C)c(NC2CCCC(C)(C)C2)c1. The van der Waals surface area contributed by atoms with Crippen molar-refractivity contribution in [3.05, 3.63) is 23.8 Å². The van der Waals surface area contributed by atoms with Crippen molar-refractivity contribution in [1.29, 1.82) is 0 Å². The normalized spacial score (nSPS) is 22.0. The third-order valence-electron chi connectivity index (χ3n) is 4.35. The van der Waals surface area contributed by atoms with Gasteiger partial charge in [0, 0.05) is 11.7 Å². The topological polar surface area (TPSA) is 58.2 Å². The average molecular weight is 310 g/mol. The van der Waals surface area contributed by atoms with Crippen molar-refractivity contribution in [3.8, 4) is 0 Å². The first-order valence-electron chi connectivity index (χ1n) is 7.54. The molecular weight excluding hydrogens is 284 g/mol. The van der Waals surface area contributed by atoms with Gasteiger partial charge in [-0.15, -0.1) is 0 Å². The van der Waals surface area contributed by atoms with Crippen LogP contribution in [-0.4, -0.2) is 21.5 Å². The number of hydrogen-bond donors (Lipinski definition) is 2. The number of sulfonamides is 1. The summed E-state index contributed by atoms with van der Waals surface area (Å²) in [4.78, 5) is 0.313. The molecule has 0 bridgehead atoms. The Balaban J connectivity index is 2.22. The predicted molar refractivity (Wildman–Crippen MR) is 87.1 cm³/mol. The van der Waals surface area contributed by atoms with Gasteiger partial charge in [0.25, 0.3) is 0 Å². The van der Waals surface area contributed by atoms with Crippen LogP contribution in [0.15, 0.2) is 23.1 Å². The molecule has 0 aromatic heterocycles. The van der Waals surface area contributed by atoms with E-state index < -0.39 is 10.0 Å². The highest BCUT2D eigenvalue weighted by atomic mass is 32.2. The smallest absolute Gasteiger partial charge is 0.240 e. The lowest BCUT2D eigenvalue weighted by Gasteiger charge is -2.36. The summed E-state index contributed by atoms with van der Waals surface area (Å²) in [6.45, 7) is 6.61. The zero-order valence-electron chi connectivity index (χ0n) is 13.4. The molecule has 1 aromatic carbocycles. The van der Waals surface area contributed by atoms with Crippen molar-refractivity contribution in [1.82, 2.24) is 4.72 Å². The average Bonchev–Trinajstić information content (AvgIpc) is 2.40. The number of benzene rings is 1. The lowest BCUT2D eigenvalue weighted by atomic mass is 9.75. The summed E-state index contributed by atoms with van der Waals surface area (Å²) in [5, 5.41) is 3.55. The van der Waals surface area contributed by atoms with Crippen LogP contribution in [-0.2, 0) is 10.0 Å². The maximum Gasteiger partial charge on any atom is 0.240 e. The minimum atomic E-state index is -3.39. The Morgan fingerprint density at radius 1 is 1.29 bits per heavy atom. The molecule has 21 heavy (non-hydrogen) atoms. The molecule has 4 nitrogen and oxygen atoms in total. The predicted octanol–water partition coefficient (Wildman–Crippen LogP) is 3.28. The number of aryl methyl sites for hydroxylation is 1. The molecule has 1 aliphatic carbocycles. The molecule has 2 N–H and O–H groups in total. The zero-order chi connectivity index (χ0) is 15.7.